The van der Waals surface area contributed by atoms with Crippen molar-refractivity contribution in [1.29, 1.82) is 0 Å². The van der Waals surface area contributed by atoms with Gasteiger partial charge in [0.15, 0.2) is 0 Å². The van der Waals surface area contributed by atoms with Crippen molar-refractivity contribution in [2.24, 2.45) is 5.73 Å². The number of halogens is 2. The summed E-state index contributed by atoms with van der Waals surface area (Å²) >= 11 is 0. The molecule has 0 aliphatic rings. The molecule has 1 nitrogen and oxygen atoms in total. The van der Waals surface area contributed by atoms with Crippen molar-refractivity contribution in [3.63, 3.8) is 0 Å². The van der Waals surface area contributed by atoms with E-state index in [1.807, 2.05) is 0 Å². The summed E-state index contributed by atoms with van der Waals surface area (Å²) in [7, 11) is 0. The molecule has 1 aromatic carbocycles. The third-order valence-electron chi connectivity index (χ3n) is 2.18. The van der Waals surface area contributed by atoms with Crippen LogP contribution >= 0.6 is 0 Å². The SMILES string of the molecule is C[C@H](N)c1ccc(C(C)(C)F)cc1F. The van der Waals surface area contributed by atoms with Crippen molar-refractivity contribution >= 4 is 0 Å². The molecule has 0 saturated heterocycles. The van der Waals surface area contributed by atoms with Crippen LogP contribution in [-0.2, 0) is 5.67 Å². The monoisotopic (exact) mass is 199 g/mol. The van der Waals surface area contributed by atoms with Crippen LogP contribution in [0.4, 0.5) is 8.78 Å². The number of benzene rings is 1. The van der Waals surface area contributed by atoms with Crippen LogP contribution in [0.25, 0.3) is 0 Å². The number of nitrogens with two attached hydrogens (primary N) is 1. The van der Waals surface area contributed by atoms with Gasteiger partial charge in [0.25, 0.3) is 0 Å². The molecular formula is C11H15F2N. The predicted octanol–water partition coefficient (Wildman–Crippen LogP) is 3.05. The van der Waals surface area contributed by atoms with E-state index >= 15 is 0 Å². The van der Waals surface area contributed by atoms with Crippen molar-refractivity contribution in [2.75, 3.05) is 0 Å². The van der Waals surface area contributed by atoms with Gasteiger partial charge in [0.1, 0.15) is 11.5 Å². The smallest absolute Gasteiger partial charge is 0.130 e. The minimum absolute atomic E-state index is 0.333. The highest BCUT2D eigenvalue weighted by Crippen LogP contribution is 2.27. The van der Waals surface area contributed by atoms with E-state index in [2.05, 4.69) is 0 Å². The van der Waals surface area contributed by atoms with Gasteiger partial charge in [-0.2, -0.15) is 0 Å². The van der Waals surface area contributed by atoms with E-state index in [0.717, 1.165) is 0 Å². The molecule has 3 heteroatoms. The van der Waals surface area contributed by atoms with Crippen molar-refractivity contribution < 1.29 is 8.78 Å². The predicted molar refractivity (Wildman–Crippen MR) is 53.1 cm³/mol. The summed E-state index contributed by atoms with van der Waals surface area (Å²) in [6, 6.07) is 3.95. The zero-order valence-corrected chi connectivity index (χ0v) is 8.64. The van der Waals surface area contributed by atoms with Crippen LogP contribution in [0, 0.1) is 5.82 Å². The van der Waals surface area contributed by atoms with Crippen molar-refractivity contribution in [3.8, 4) is 0 Å². The first kappa shape index (κ1) is 11.1. The average molecular weight is 199 g/mol. The maximum Gasteiger partial charge on any atom is 0.130 e. The van der Waals surface area contributed by atoms with Crippen molar-refractivity contribution in [3.05, 3.63) is 35.1 Å². The molecule has 0 spiro atoms. The molecule has 0 aromatic heterocycles. The van der Waals surface area contributed by atoms with E-state index in [1.54, 1.807) is 13.0 Å². The molecule has 0 radical (unpaired) electrons. The molecule has 14 heavy (non-hydrogen) atoms. The van der Waals surface area contributed by atoms with Crippen LogP contribution in [0.1, 0.15) is 37.9 Å². The van der Waals surface area contributed by atoms with Crippen LogP contribution in [0.2, 0.25) is 0 Å². The van der Waals surface area contributed by atoms with E-state index < -0.39 is 11.5 Å². The molecule has 1 rings (SSSR count). The fraction of sp³-hybridized carbons (Fsp3) is 0.455. The molecule has 78 valence electrons. The lowest BCUT2D eigenvalue weighted by atomic mass is 9.97. The lowest BCUT2D eigenvalue weighted by molar-refractivity contribution is 0.220. The largest absolute Gasteiger partial charge is 0.324 e. The quantitative estimate of drug-likeness (QED) is 0.778. The maximum absolute atomic E-state index is 13.4. The van der Waals surface area contributed by atoms with Crippen LogP contribution in [0.5, 0.6) is 0 Å². The maximum atomic E-state index is 13.4. The Bertz CT molecular complexity index is 327. The molecule has 0 fully saturated rings. The molecule has 0 bridgehead atoms. The van der Waals surface area contributed by atoms with Gasteiger partial charge >= 0.3 is 0 Å². The zero-order valence-electron chi connectivity index (χ0n) is 8.64. The highest BCUT2D eigenvalue weighted by molar-refractivity contribution is 5.29. The Morgan fingerprint density at radius 2 is 1.93 bits per heavy atom. The summed E-state index contributed by atoms with van der Waals surface area (Å²) in [5.74, 6) is -0.441. The minimum Gasteiger partial charge on any atom is -0.324 e. The van der Waals surface area contributed by atoms with Gasteiger partial charge < -0.3 is 5.73 Å². The summed E-state index contributed by atoms with van der Waals surface area (Å²) in [5.41, 5.74) is 4.77. The summed E-state index contributed by atoms with van der Waals surface area (Å²) in [4.78, 5) is 0. The molecule has 0 unspecified atom stereocenters. The van der Waals surface area contributed by atoms with E-state index in [4.69, 9.17) is 5.73 Å². The van der Waals surface area contributed by atoms with Crippen LogP contribution in [0.15, 0.2) is 18.2 Å². The molecule has 1 aromatic rings. The topological polar surface area (TPSA) is 26.0 Å². The molecule has 0 heterocycles. The molecule has 1 atom stereocenters. The lowest BCUT2D eigenvalue weighted by Gasteiger charge is -2.16. The molecule has 0 amide bonds. The van der Waals surface area contributed by atoms with Gasteiger partial charge in [0, 0.05) is 11.6 Å². The Labute approximate surface area is 82.9 Å². The van der Waals surface area contributed by atoms with Crippen molar-refractivity contribution in [2.45, 2.75) is 32.5 Å². The second-order valence-electron chi connectivity index (χ2n) is 4.00. The fourth-order valence-electron chi connectivity index (χ4n) is 1.27. The molecule has 0 aliphatic carbocycles. The third kappa shape index (κ3) is 2.29. The Morgan fingerprint density at radius 3 is 2.29 bits per heavy atom. The van der Waals surface area contributed by atoms with Gasteiger partial charge in [-0.25, -0.2) is 8.78 Å². The standard InChI is InChI=1S/C11H15F2N/c1-7(14)9-5-4-8(6-10(9)12)11(2,3)13/h4-7H,14H2,1-3H3/t7-/m0/s1. The van der Waals surface area contributed by atoms with E-state index in [-0.39, 0.29) is 6.04 Å². The van der Waals surface area contributed by atoms with Gasteiger partial charge in [-0.1, -0.05) is 12.1 Å². The van der Waals surface area contributed by atoms with Crippen LogP contribution < -0.4 is 5.73 Å². The first-order valence-electron chi connectivity index (χ1n) is 4.57. The Kier molecular flexibility index (Phi) is 2.90. The number of alkyl halides is 1. The highest BCUT2D eigenvalue weighted by Gasteiger charge is 2.20. The molecule has 0 saturated carbocycles. The first-order chi connectivity index (χ1) is 6.32. The molecule has 0 aliphatic heterocycles. The van der Waals surface area contributed by atoms with Crippen molar-refractivity contribution in [1.82, 2.24) is 0 Å². The summed E-state index contributed by atoms with van der Waals surface area (Å²) in [5, 5.41) is 0. The molecule has 2 N–H and O–H groups in total. The van der Waals surface area contributed by atoms with Gasteiger partial charge in [-0.15, -0.1) is 0 Å². The first-order valence-corrected chi connectivity index (χ1v) is 4.57. The Balaban J connectivity index is 3.13. The van der Waals surface area contributed by atoms with E-state index in [1.165, 1.54) is 26.0 Å². The lowest BCUT2D eigenvalue weighted by Crippen LogP contribution is -2.12. The fourth-order valence-corrected chi connectivity index (χ4v) is 1.27. The van der Waals surface area contributed by atoms with Gasteiger partial charge in [0.05, 0.1) is 0 Å². The molecular weight excluding hydrogens is 184 g/mol. The number of rotatable bonds is 2. The van der Waals surface area contributed by atoms with Gasteiger partial charge in [-0.3, -0.25) is 0 Å². The average Bonchev–Trinajstić information content (AvgIpc) is 2.01. The van der Waals surface area contributed by atoms with E-state index in [9.17, 15) is 8.78 Å². The van der Waals surface area contributed by atoms with Crippen LogP contribution in [0.3, 0.4) is 0 Å². The second-order valence-corrected chi connectivity index (χ2v) is 4.00. The minimum atomic E-state index is -1.52. The van der Waals surface area contributed by atoms with Crippen LogP contribution in [-0.4, -0.2) is 0 Å². The summed E-state index contributed by atoms with van der Waals surface area (Å²) in [6.07, 6.45) is 0. The number of hydrogen-bond acceptors (Lipinski definition) is 1. The van der Waals surface area contributed by atoms with Gasteiger partial charge in [0.2, 0.25) is 0 Å². The third-order valence-corrected chi connectivity index (χ3v) is 2.18. The normalized spacial score (nSPS) is 14.1. The number of hydrogen-bond donors (Lipinski definition) is 1. The summed E-state index contributed by atoms with van der Waals surface area (Å²) in [6.45, 7) is 4.49. The Hall–Kier alpha value is -0.960. The zero-order chi connectivity index (χ0) is 10.9. The van der Waals surface area contributed by atoms with E-state index in [0.29, 0.717) is 11.1 Å². The summed E-state index contributed by atoms with van der Waals surface area (Å²) < 4.78 is 26.8. The second kappa shape index (κ2) is 3.65. The Morgan fingerprint density at radius 1 is 1.36 bits per heavy atom. The highest BCUT2D eigenvalue weighted by atomic mass is 19.1. The van der Waals surface area contributed by atoms with Gasteiger partial charge in [-0.05, 0) is 32.4 Å².